The lowest BCUT2D eigenvalue weighted by molar-refractivity contribution is -0.169. The van der Waals surface area contributed by atoms with Gasteiger partial charge in [-0.1, -0.05) is 36.4 Å². The summed E-state index contributed by atoms with van der Waals surface area (Å²) in [6.45, 7) is 2.17. The van der Waals surface area contributed by atoms with Gasteiger partial charge in [0, 0.05) is 56.7 Å². The molecule has 2 aliphatic heterocycles. The topological polar surface area (TPSA) is 97.1 Å². The van der Waals surface area contributed by atoms with E-state index in [0.29, 0.717) is 44.1 Å². The second kappa shape index (κ2) is 14.4. The van der Waals surface area contributed by atoms with Crippen LogP contribution in [-0.4, -0.2) is 64.9 Å². The standard InChI is InChI=1S/C34H36F2N4O6/c1-43-16-14-38-12-13-40-28(22-45-29-9-5-6-15-44-29)30(25-18-37-39(20-25)19-24-10-11-26(35)17-27(24)36)32(41)33(31(40)34(38)42)46-21-23-7-3-2-4-8-23/h2-4,7-8,10-11,17-18,20,29H,5-6,9,12-16,19,21-22H2,1H3. The Morgan fingerprint density at radius 1 is 1.04 bits per heavy atom. The Labute approximate surface area is 265 Å². The molecule has 0 bridgehead atoms. The number of hydrogen-bond donors (Lipinski definition) is 0. The molecule has 46 heavy (non-hydrogen) atoms. The van der Waals surface area contributed by atoms with Crippen LogP contribution in [-0.2, 0) is 40.5 Å². The van der Waals surface area contributed by atoms with Gasteiger partial charge in [-0.2, -0.15) is 5.10 Å². The molecule has 1 fully saturated rings. The summed E-state index contributed by atoms with van der Waals surface area (Å²) in [4.78, 5) is 30.1. The quantitative estimate of drug-likeness (QED) is 0.222. The fourth-order valence-corrected chi connectivity index (χ4v) is 5.82. The molecule has 6 rings (SSSR count). The normalized spacial score (nSPS) is 16.5. The van der Waals surface area contributed by atoms with E-state index in [9.17, 15) is 18.4 Å². The molecule has 1 atom stereocenters. The van der Waals surface area contributed by atoms with Crippen LogP contribution in [0.25, 0.3) is 11.1 Å². The van der Waals surface area contributed by atoms with E-state index >= 15 is 0 Å². The molecule has 0 radical (unpaired) electrons. The fourth-order valence-electron chi connectivity index (χ4n) is 5.82. The summed E-state index contributed by atoms with van der Waals surface area (Å²) in [7, 11) is 1.57. The lowest BCUT2D eigenvalue weighted by Gasteiger charge is -2.33. The Balaban J connectivity index is 1.45. The van der Waals surface area contributed by atoms with Gasteiger partial charge in [-0.3, -0.25) is 14.3 Å². The highest BCUT2D eigenvalue weighted by atomic mass is 19.1. The largest absolute Gasteiger partial charge is 0.483 e. The van der Waals surface area contributed by atoms with Crippen molar-refractivity contribution >= 4 is 5.91 Å². The Kier molecular flexibility index (Phi) is 9.86. The molecule has 0 spiro atoms. The molecule has 2 aromatic carbocycles. The highest BCUT2D eigenvalue weighted by Crippen LogP contribution is 2.32. The molecular weight excluding hydrogens is 598 g/mol. The zero-order valence-electron chi connectivity index (χ0n) is 25.6. The van der Waals surface area contributed by atoms with E-state index in [-0.39, 0.29) is 48.2 Å². The fraction of sp³-hybridized carbons (Fsp3) is 0.382. The minimum absolute atomic E-state index is 0.00429. The summed E-state index contributed by atoms with van der Waals surface area (Å²) >= 11 is 0. The SMILES string of the molecule is COCCN1CCn2c(COC3CCCCO3)c(-c3cnn(Cc4ccc(F)cc4F)c3)c(=O)c(OCc3ccccc3)c2C1=O. The maximum absolute atomic E-state index is 14.5. The van der Waals surface area contributed by atoms with Gasteiger partial charge in [-0.05, 0) is 30.9 Å². The van der Waals surface area contributed by atoms with Crippen LogP contribution in [0.15, 0.2) is 65.7 Å². The van der Waals surface area contributed by atoms with Crippen molar-refractivity contribution in [3.63, 3.8) is 0 Å². The monoisotopic (exact) mass is 634 g/mol. The molecule has 0 N–H and O–H groups in total. The first-order valence-corrected chi connectivity index (χ1v) is 15.4. The van der Waals surface area contributed by atoms with Crippen LogP contribution in [0.4, 0.5) is 8.78 Å². The van der Waals surface area contributed by atoms with Gasteiger partial charge in [0.2, 0.25) is 5.43 Å². The third kappa shape index (κ3) is 6.88. The van der Waals surface area contributed by atoms with Gasteiger partial charge in [0.1, 0.15) is 18.2 Å². The third-order valence-corrected chi connectivity index (χ3v) is 8.22. The molecule has 0 aliphatic carbocycles. The highest BCUT2D eigenvalue weighted by Gasteiger charge is 2.34. The van der Waals surface area contributed by atoms with Crippen molar-refractivity contribution < 1.29 is 32.5 Å². The van der Waals surface area contributed by atoms with Crippen LogP contribution < -0.4 is 10.2 Å². The molecule has 0 saturated carbocycles. The van der Waals surface area contributed by atoms with Gasteiger partial charge in [-0.25, -0.2) is 8.78 Å². The number of carbonyl (C=O) groups is 1. The summed E-state index contributed by atoms with van der Waals surface area (Å²) < 4.78 is 54.7. The van der Waals surface area contributed by atoms with Crippen molar-refractivity contribution in [3.05, 3.63) is 105 Å². The number of amides is 1. The molecular formula is C34H36F2N4O6. The third-order valence-electron chi connectivity index (χ3n) is 8.22. The van der Waals surface area contributed by atoms with Gasteiger partial charge in [-0.15, -0.1) is 0 Å². The van der Waals surface area contributed by atoms with Crippen molar-refractivity contribution in [2.75, 3.05) is 33.4 Å². The number of nitrogens with zero attached hydrogens (tertiary/aromatic N) is 4. The zero-order chi connectivity index (χ0) is 32.0. The number of ether oxygens (including phenoxy) is 4. The van der Waals surface area contributed by atoms with Crippen molar-refractivity contribution in [1.82, 2.24) is 19.2 Å². The van der Waals surface area contributed by atoms with Crippen LogP contribution in [0.2, 0.25) is 0 Å². The molecule has 1 saturated heterocycles. The Bertz CT molecular complexity index is 1740. The highest BCUT2D eigenvalue weighted by molar-refractivity contribution is 5.97. The lowest BCUT2D eigenvalue weighted by Crippen LogP contribution is -2.45. The molecule has 4 heterocycles. The van der Waals surface area contributed by atoms with E-state index in [1.807, 2.05) is 34.9 Å². The zero-order valence-corrected chi connectivity index (χ0v) is 25.6. The van der Waals surface area contributed by atoms with Crippen LogP contribution >= 0.6 is 0 Å². The number of benzene rings is 2. The van der Waals surface area contributed by atoms with E-state index in [1.54, 1.807) is 18.2 Å². The first-order valence-electron chi connectivity index (χ1n) is 15.4. The first-order chi connectivity index (χ1) is 22.4. The summed E-state index contributed by atoms with van der Waals surface area (Å²) in [5.41, 5.74) is 1.95. The summed E-state index contributed by atoms with van der Waals surface area (Å²) in [5, 5.41) is 4.39. The second-order valence-corrected chi connectivity index (χ2v) is 11.3. The molecule has 12 heteroatoms. The van der Waals surface area contributed by atoms with Crippen LogP contribution in [0.3, 0.4) is 0 Å². The van der Waals surface area contributed by atoms with Crippen molar-refractivity contribution in [2.45, 2.75) is 51.9 Å². The number of halogens is 2. The first kappa shape index (κ1) is 31.6. The maximum Gasteiger partial charge on any atom is 0.274 e. The van der Waals surface area contributed by atoms with Crippen LogP contribution in [0.1, 0.15) is 46.6 Å². The molecule has 1 unspecified atom stereocenters. The maximum atomic E-state index is 14.5. The van der Waals surface area contributed by atoms with E-state index in [0.717, 1.165) is 30.9 Å². The van der Waals surface area contributed by atoms with Crippen LogP contribution in [0, 0.1) is 11.6 Å². The smallest absolute Gasteiger partial charge is 0.274 e. The van der Waals surface area contributed by atoms with Crippen molar-refractivity contribution in [1.29, 1.82) is 0 Å². The number of pyridine rings is 1. The average Bonchev–Trinajstić information content (AvgIpc) is 3.53. The Hall–Kier alpha value is -4.39. The second-order valence-electron chi connectivity index (χ2n) is 11.3. The van der Waals surface area contributed by atoms with E-state index in [2.05, 4.69) is 5.10 Å². The number of fused-ring (bicyclic) bond motifs is 1. The average molecular weight is 635 g/mol. The molecule has 2 aliphatic rings. The Morgan fingerprint density at radius 3 is 2.65 bits per heavy atom. The van der Waals surface area contributed by atoms with E-state index in [4.69, 9.17) is 18.9 Å². The van der Waals surface area contributed by atoms with Gasteiger partial charge in [0.05, 0.1) is 37.2 Å². The predicted molar refractivity (Wildman–Crippen MR) is 164 cm³/mol. The minimum atomic E-state index is -0.694. The van der Waals surface area contributed by atoms with Gasteiger partial charge in [0.25, 0.3) is 5.91 Å². The summed E-state index contributed by atoms with van der Waals surface area (Å²) in [6, 6.07) is 12.7. The van der Waals surface area contributed by atoms with Crippen LogP contribution in [0.5, 0.6) is 5.75 Å². The van der Waals surface area contributed by atoms with Gasteiger partial charge < -0.3 is 28.4 Å². The summed E-state index contributed by atoms with van der Waals surface area (Å²) in [6.07, 6.45) is 5.33. The Morgan fingerprint density at radius 2 is 1.89 bits per heavy atom. The summed E-state index contributed by atoms with van der Waals surface area (Å²) in [5.74, 6) is -1.77. The van der Waals surface area contributed by atoms with Gasteiger partial charge >= 0.3 is 0 Å². The number of rotatable bonds is 12. The minimum Gasteiger partial charge on any atom is -0.483 e. The molecule has 242 valence electrons. The van der Waals surface area contributed by atoms with E-state index < -0.39 is 23.4 Å². The lowest BCUT2D eigenvalue weighted by atomic mass is 10.0. The van der Waals surface area contributed by atoms with E-state index in [1.165, 1.54) is 23.0 Å². The number of methoxy groups -OCH3 is 1. The van der Waals surface area contributed by atoms with Gasteiger partial charge in [0.15, 0.2) is 17.7 Å². The van der Waals surface area contributed by atoms with Crippen molar-refractivity contribution in [3.8, 4) is 16.9 Å². The molecule has 1 amide bonds. The molecule has 4 aromatic rings. The van der Waals surface area contributed by atoms with Crippen molar-refractivity contribution in [2.24, 2.45) is 0 Å². The molecule has 2 aromatic heterocycles. The number of hydrogen-bond acceptors (Lipinski definition) is 7. The number of carbonyl (C=O) groups excluding carboxylic acids is 1. The number of aromatic nitrogens is 3. The molecule has 10 nitrogen and oxygen atoms in total. The predicted octanol–water partition coefficient (Wildman–Crippen LogP) is 4.76.